The molecule has 0 unspecified atom stereocenters. The number of fused-ring (bicyclic) bond motifs is 1. The lowest BCUT2D eigenvalue weighted by atomic mass is 10.2. The van der Waals surface area contributed by atoms with E-state index in [4.69, 9.17) is 4.74 Å². The van der Waals surface area contributed by atoms with Crippen LogP contribution < -0.4 is 10.1 Å². The number of ether oxygens (including phenoxy) is 1. The van der Waals surface area contributed by atoms with E-state index in [0.29, 0.717) is 16.6 Å². The predicted molar refractivity (Wildman–Crippen MR) is 80.9 cm³/mol. The molecule has 21 heavy (non-hydrogen) atoms. The highest BCUT2D eigenvalue weighted by atomic mass is 32.1. The molecule has 0 fully saturated rings. The molecule has 0 atom stereocenters. The summed E-state index contributed by atoms with van der Waals surface area (Å²) in [6, 6.07) is 3.35. The molecule has 0 spiro atoms. The molecule has 0 radical (unpaired) electrons. The highest BCUT2D eigenvalue weighted by molar-refractivity contribution is 7.15. The summed E-state index contributed by atoms with van der Waals surface area (Å²) in [5.74, 6) is 0.281. The van der Waals surface area contributed by atoms with Crippen LogP contribution in [0.15, 0.2) is 18.3 Å². The maximum Gasteiger partial charge on any atom is 0.259 e. The van der Waals surface area contributed by atoms with Crippen molar-refractivity contribution in [3.63, 3.8) is 0 Å². The molecule has 0 aliphatic carbocycles. The number of hydrogen-bond donors (Lipinski definition) is 1. The number of carbonyl (C=O) groups is 1. The monoisotopic (exact) mass is 304 g/mol. The zero-order valence-electron chi connectivity index (χ0n) is 11.9. The van der Waals surface area contributed by atoms with E-state index in [9.17, 15) is 4.79 Å². The highest BCUT2D eigenvalue weighted by Crippen LogP contribution is 2.28. The summed E-state index contributed by atoms with van der Waals surface area (Å²) in [6.07, 6.45) is 2.43. The van der Waals surface area contributed by atoms with E-state index in [2.05, 4.69) is 27.2 Å². The molecule has 1 amide bonds. The second kappa shape index (κ2) is 5.79. The summed E-state index contributed by atoms with van der Waals surface area (Å²) in [5, 5.41) is 3.49. The van der Waals surface area contributed by atoms with Crippen LogP contribution in [0.2, 0.25) is 0 Å². The van der Waals surface area contributed by atoms with Gasteiger partial charge in [0.1, 0.15) is 0 Å². The van der Waals surface area contributed by atoms with Gasteiger partial charge < -0.3 is 9.64 Å². The molecule has 0 aromatic carbocycles. The van der Waals surface area contributed by atoms with Gasteiger partial charge in [-0.25, -0.2) is 9.97 Å². The summed E-state index contributed by atoms with van der Waals surface area (Å²) in [5.41, 5.74) is 1.59. The predicted octanol–water partition coefficient (Wildman–Crippen LogP) is 1.79. The molecule has 0 saturated carbocycles. The van der Waals surface area contributed by atoms with Gasteiger partial charge in [-0.05, 0) is 13.1 Å². The van der Waals surface area contributed by atoms with Crippen LogP contribution in [0.5, 0.6) is 5.88 Å². The summed E-state index contributed by atoms with van der Waals surface area (Å²) in [7, 11) is 3.63. The average Bonchev–Trinajstić information content (AvgIpc) is 2.88. The second-order valence-corrected chi connectivity index (χ2v) is 6.00. The summed E-state index contributed by atoms with van der Waals surface area (Å²) in [4.78, 5) is 24.2. The van der Waals surface area contributed by atoms with Gasteiger partial charge in [-0.3, -0.25) is 10.1 Å². The zero-order valence-corrected chi connectivity index (χ0v) is 12.7. The normalized spacial score (nSPS) is 14.6. The number of methoxy groups -OCH3 is 1. The largest absolute Gasteiger partial charge is 0.481 e. The molecule has 3 rings (SSSR count). The third-order valence-corrected chi connectivity index (χ3v) is 4.35. The van der Waals surface area contributed by atoms with Gasteiger partial charge in [-0.15, -0.1) is 11.3 Å². The molecule has 3 heterocycles. The van der Waals surface area contributed by atoms with Gasteiger partial charge in [0.25, 0.3) is 5.91 Å². The smallest absolute Gasteiger partial charge is 0.259 e. The number of pyridine rings is 1. The van der Waals surface area contributed by atoms with Gasteiger partial charge in [-0.1, -0.05) is 0 Å². The van der Waals surface area contributed by atoms with Gasteiger partial charge in [0.05, 0.1) is 18.4 Å². The van der Waals surface area contributed by atoms with Crippen LogP contribution in [0, 0.1) is 0 Å². The number of aromatic nitrogens is 2. The SMILES string of the molecule is COc1ccc(C(=O)Nc2nc3c(s2)CN(C)CC3)cn1. The number of hydrogen-bond acceptors (Lipinski definition) is 6. The molecule has 110 valence electrons. The number of likely N-dealkylation sites (N-methyl/N-ethyl adjacent to an activating group) is 1. The molecule has 6 nitrogen and oxygen atoms in total. The van der Waals surface area contributed by atoms with Gasteiger partial charge in [0, 0.05) is 36.7 Å². The molecule has 1 N–H and O–H groups in total. The second-order valence-electron chi connectivity index (χ2n) is 4.92. The van der Waals surface area contributed by atoms with Crippen molar-refractivity contribution in [3.05, 3.63) is 34.5 Å². The number of anilines is 1. The van der Waals surface area contributed by atoms with E-state index in [-0.39, 0.29) is 5.91 Å². The summed E-state index contributed by atoms with van der Waals surface area (Å²) < 4.78 is 4.97. The minimum Gasteiger partial charge on any atom is -0.481 e. The first kappa shape index (κ1) is 14.0. The standard InChI is InChI=1S/C14H16N4O2S/c1-18-6-5-10-11(8-18)21-14(16-10)17-13(19)9-3-4-12(20-2)15-7-9/h3-4,7H,5-6,8H2,1-2H3,(H,16,17,19). The van der Waals surface area contributed by atoms with Crippen molar-refractivity contribution < 1.29 is 9.53 Å². The lowest BCUT2D eigenvalue weighted by Gasteiger charge is -2.20. The Kier molecular flexibility index (Phi) is 3.85. The fourth-order valence-electron chi connectivity index (χ4n) is 2.18. The number of carbonyl (C=O) groups excluding carboxylic acids is 1. The van der Waals surface area contributed by atoms with Crippen molar-refractivity contribution in [2.45, 2.75) is 13.0 Å². The first-order valence-corrected chi connectivity index (χ1v) is 7.46. The molecule has 2 aromatic heterocycles. The molecule has 2 aromatic rings. The highest BCUT2D eigenvalue weighted by Gasteiger charge is 2.19. The topological polar surface area (TPSA) is 67.3 Å². The number of amides is 1. The average molecular weight is 304 g/mol. The van der Waals surface area contributed by atoms with Crippen molar-refractivity contribution >= 4 is 22.4 Å². The fraction of sp³-hybridized carbons (Fsp3) is 0.357. The van der Waals surface area contributed by atoms with Crippen LogP contribution in [0.25, 0.3) is 0 Å². The Morgan fingerprint density at radius 1 is 1.48 bits per heavy atom. The van der Waals surface area contributed by atoms with Crippen LogP contribution in [0.3, 0.4) is 0 Å². The minimum atomic E-state index is -0.204. The summed E-state index contributed by atoms with van der Waals surface area (Å²) in [6.45, 7) is 1.90. The van der Waals surface area contributed by atoms with Crippen molar-refractivity contribution in [2.75, 3.05) is 26.0 Å². The van der Waals surface area contributed by atoms with Gasteiger partial charge in [-0.2, -0.15) is 0 Å². The minimum absolute atomic E-state index is 0.204. The van der Waals surface area contributed by atoms with E-state index in [1.54, 1.807) is 19.2 Å². The lowest BCUT2D eigenvalue weighted by Crippen LogP contribution is -2.25. The number of nitrogens with zero attached hydrogens (tertiary/aromatic N) is 3. The first-order valence-electron chi connectivity index (χ1n) is 6.64. The Morgan fingerprint density at radius 2 is 2.33 bits per heavy atom. The molecular weight excluding hydrogens is 288 g/mol. The molecule has 7 heteroatoms. The molecule has 1 aliphatic rings. The van der Waals surface area contributed by atoms with Crippen molar-refractivity contribution in [2.24, 2.45) is 0 Å². The third-order valence-electron chi connectivity index (χ3n) is 3.35. The van der Waals surface area contributed by atoms with E-state index in [1.165, 1.54) is 22.4 Å². The zero-order chi connectivity index (χ0) is 14.8. The molecular formula is C14H16N4O2S. The van der Waals surface area contributed by atoms with E-state index in [0.717, 1.165) is 25.2 Å². The van der Waals surface area contributed by atoms with Gasteiger partial charge in [0.2, 0.25) is 5.88 Å². The Bertz CT molecular complexity index is 653. The Hall–Kier alpha value is -1.99. The number of thiazole rings is 1. The van der Waals surface area contributed by atoms with E-state index < -0.39 is 0 Å². The number of rotatable bonds is 3. The Labute approximate surface area is 126 Å². The maximum atomic E-state index is 12.2. The van der Waals surface area contributed by atoms with Crippen LogP contribution in [0.1, 0.15) is 20.9 Å². The van der Waals surface area contributed by atoms with Crippen LogP contribution in [-0.4, -0.2) is 41.5 Å². The van der Waals surface area contributed by atoms with Gasteiger partial charge in [0.15, 0.2) is 5.13 Å². The Morgan fingerprint density at radius 3 is 3.05 bits per heavy atom. The van der Waals surface area contributed by atoms with Crippen LogP contribution >= 0.6 is 11.3 Å². The molecule has 1 aliphatic heterocycles. The van der Waals surface area contributed by atoms with Gasteiger partial charge >= 0.3 is 0 Å². The number of nitrogens with one attached hydrogen (secondary N) is 1. The summed E-state index contributed by atoms with van der Waals surface area (Å²) >= 11 is 1.54. The van der Waals surface area contributed by atoms with Crippen molar-refractivity contribution in [1.29, 1.82) is 0 Å². The lowest BCUT2D eigenvalue weighted by molar-refractivity contribution is 0.102. The first-order chi connectivity index (χ1) is 10.2. The molecule has 0 bridgehead atoms. The van der Waals surface area contributed by atoms with Crippen LogP contribution in [0.4, 0.5) is 5.13 Å². The van der Waals surface area contributed by atoms with E-state index in [1.807, 2.05) is 0 Å². The molecule has 0 saturated heterocycles. The van der Waals surface area contributed by atoms with Crippen molar-refractivity contribution in [3.8, 4) is 5.88 Å². The van der Waals surface area contributed by atoms with E-state index >= 15 is 0 Å². The maximum absolute atomic E-state index is 12.2. The fourth-order valence-corrected chi connectivity index (χ4v) is 3.26. The van der Waals surface area contributed by atoms with Crippen LogP contribution in [-0.2, 0) is 13.0 Å². The Balaban J connectivity index is 1.72. The quantitative estimate of drug-likeness (QED) is 0.936. The third kappa shape index (κ3) is 3.03. The van der Waals surface area contributed by atoms with Crippen molar-refractivity contribution in [1.82, 2.24) is 14.9 Å².